The second-order valence-electron chi connectivity index (χ2n) is 4.67. The van der Waals surface area contributed by atoms with E-state index in [4.69, 9.17) is 0 Å². The summed E-state index contributed by atoms with van der Waals surface area (Å²) in [5, 5.41) is 21.5. The fraction of sp³-hybridized carbons (Fsp3) is 0.750. The maximum Gasteiger partial charge on any atom is 0.285 e. The zero-order chi connectivity index (χ0) is 13.7. The van der Waals surface area contributed by atoms with Gasteiger partial charge in [0.1, 0.15) is 0 Å². The summed E-state index contributed by atoms with van der Waals surface area (Å²) in [6.45, 7) is 3.61. The predicted molar refractivity (Wildman–Crippen MR) is 74.5 cm³/mol. The summed E-state index contributed by atoms with van der Waals surface area (Å²) in [5.74, 6) is -0.110. The quantitative estimate of drug-likeness (QED) is 0.853. The van der Waals surface area contributed by atoms with Crippen LogP contribution in [0.4, 0.5) is 5.13 Å². The molecule has 1 unspecified atom stereocenters. The summed E-state index contributed by atoms with van der Waals surface area (Å²) in [6.07, 6.45) is 3.92. The standard InChI is InChI=1S/C12H20N4O2S/c1-2-6-13-12-15-14-10(19-12)11(18)16-7-4-3-5-9(16)8-17/h9,17H,2-8H2,1H3,(H,13,15). The second-order valence-corrected chi connectivity index (χ2v) is 5.65. The number of aliphatic hydroxyl groups excluding tert-OH is 1. The maximum absolute atomic E-state index is 12.4. The molecular weight excluding hydrogens is 264 g/mol. The molecule has 0 aromatic carbocycles. The normalized spacial score (nSPS) is 19.5. The number of likely N-dealkylation sites (tertiary alicyclic amines) is 1. The molecule has 1 saturated heterocycles. The van der Waals surface area contributed by atoms with Crippen LogP contribution in [0.5, 0.6) is 0 Å². The molecule has 1 aromatic heterocycles. The zero-order valence-electron chi connectivity index (χ0n) is 11.1. The number of hydrogen-bond acceptors (Lipinski definition) is 6. The topological polar surface area (TPSA) is 78.4 Å². The van der Waals surface area contributed by atoms with Gasteiger partial charge in [0.15, 0.2) is 0 Å². The number of nitrogens with one attached hydrogen (secondary N) is 1. The number of anilines is 1. The van der Waals surface area contributed by atoms with Crippen molar-refractivity contribution in [3.05, 3.63) is 5.01 Å². The van der Waals surface area contributed by atoms with Crippen molar-refractivity contribution in [2.75, 3.05) is 25.0 Å². The Kier molecular flexibility index (Phi) is 5.09. The molecule has 106 valence electrons. The number of piperidine rings is 1. The van der Waals surface area contributed by atoms with Gasteiger partial charge in [-0.05, 0) is 25.7 Å². The molecule has 6 nitrogen and oxygen atoms in total. The molecule has 1 aliphatic heterocycles. The Hall–Kier alpha value is -1.21. The molecule has 1 aliphatic rings. The van der Waals surface area contributed by atoms with Gasteiger partial charge in [0.05, 0.1) is 12.6 Å². The summed E-state index contributed by atoms with van der Waals surface area (Å²) in [5.41, 5.74) is 0. The fourth-order valence-corrected chi connectivity index (χ4v) is 2.92. The minimum absolute atomic E-state index is 0.0193. The largest absolute Gasteiger partial charge is 0.394 e. The minimum atomic E-state index is -0.110. The van der Waals surface area contributed by atoms with Gasteiger partial charge in [0.25, 0.3) is 5.91 Å². The van der Waals surface area contributed by atoms with Gasteiger partial charge in [0.2, 0.25) is 10.1 Å². The average molecular weight is 284 g/mol. The van der Waals surface area contributed by atoms with E-state index in [1.165, 1.54) is 11.3 Å². The monoisotopic (exact) mass is 284 g/mol. The lowest BCUT2D eigenvalue weighted by Gasteiger charge is -2.33. The summed E-state index contributed by atoms with van der Waals surface area (Å²) in [4.78, 5) is 14.1. The molecule has 19 heavy (non-hydrogen) atoms. The van der Waals surface area contributed by atoms with Crippen LogP contribution in [0.2, 0.25) is 0 Å². The van der Waals surface area contributed by atoms with Crippen LogP contribution in [0.3, 0.4) is 0 Å². The van der Waals surface area contributed by atoms with Crippen LogP contribution in [-0.4, -0.2) is 51.8 Å². The molecule has 0 bridgehead atoms. The lowest BCUT2D eigenvalue weighted by molar-refractivity contribution is 0.0502. The highest BCUT2D eigenvalue weighted by Gasteiger charge is 2.29. The molecule has 2 N–H and O–H groups in total. The number of carbonyl (C=O) groups excluding carboxylic acids is 1. The van der Waals surface area contributed by atoms with Crippen molar-refractivity contribution >= 4 is 22.4 Å². The molecule has 1 atom stereocenters. The third kappa shape index (κ3) is 3.42. The van der Waals surface area contributed by atoms with Crippen LogP contribution in [0.25, 0.3) is 0 Å². The highest BCUT2D eigenvalue weighted by atomic mass is 32.1. The Labute approximate surface area is 116 Å². The van der Waals surface area contributed by atoms with Crippen molar-refractivity contribution in [3.63, 3.8) is 0 Å². The van der Waals surface area contributed by atoms with Gasteiger partial charge in [0, 0.05) is 13.1 Å². The van der Waals surface area contributed by atoms with Gasteiger partial charge in [-0.1, -0.05) is 18.3 Å². The number of amides is 1. The number of hydrogen-bond donors (Lipinski definition) is 2. The summed E-state index contributed by atoms with van der Waals surface area (Å²) in [7, 11) is 0. The van der Waals surface area contributed by atoms with Crippen molar-refractivity contribution in [1.29, 1.82) is 0 Å². The van der Waals surface area contributed by atoms with E-state index in [1.807, 2.05) is 0 Å². The van der Waals surface area contributed by atoms with E-state index >= 15 is 0 Å². The van der Waals surface area contributed by atoms with Crippen molar-refractivity contribution in [2.24, 2.45) is 0 Å². The number of carbonyl (C=O) groups is 1. The molecule has 1 aromatic rings. The van der Waals surface area contributed by atoms with Gasteiger partial charge in [-0.25, -0.2) is 0 Å². The average Bonchev–Trinajstić information content (AvgIpc) is 2.93. The smallest absolute Gasteiger partial charge is 0.285 e. The number of nitrogens with zero attached hydrogens (tertiary/aromatic N) is 3. The highest BCUT2D eigenvalue weighted by Crippen LogP contribution is 2.22. The first kappa shape index (κ1) is 14.2. The van der Waals surface area contributed by atoms with Crippen LogP contribution in [-0.2, 0) is 0 Å². The second kappa shape index (κ2) is 6.81. The zero-order valence-corrected chi connectivity index (χ0v) is 11.9. The van der Waals surface area contributed by atoms with Crippen molar-refractivity contribution in [2.45, 2.75) is 38.6 Å². The Morgan fingerprint density at radius 1 is 1.53 bits per heavy atom. The first-order valence-corrected chi connectivity index (χ1v) is 7.57. The van der Waals surface area contributed by atoms with Crippen LogP contribution < -0.4 is 5.32 Å². The molecule has 1 fully saturated rings. The lowest BCUT2D eigenvalue weighted by Crippen LogP contribution is -2.45. The molecule has 1 amide bonds. The van der Waals surface area contributed by atoms with Gasteiger partial charge in [-0.2, -0.15) is 0 Å². The first-order valence-electron chi connectivity index (χ1n) is 6.75. The molecule has 0 saturated carbocycles. The van der Waals surface area contributed by atoms with Crippen molar-refractivity contribution < 1.29 is 9.90 Å². The van der Waals surface area contributed by atoms with Gasteiger partial charge in [-0.3, -0.25) is 4.79 Å². The van der Waals surface area contributed by atoms with Crippen LogP contribution in [0, 0.1) is 0 Å². The molecule has 7 heteroatoms. The van der Waals surface area contributed by atoms with E-state index < -0.39 is 0 Å². The van der Waals surface area contributed by atoms with E-state index in [9.17, 15) is 9.90 Å². The van der Waals surface area contributed by atoms with E-state index in [0.29, 0.717) is 16.7 Å². The van der Waals surface area contributed by atoms with E-state index in [-0.39, 0.29) is 18.6 Å². The van der Waals surface area contributed by atoms with Crippen LogP contribution in [0.15, 0.2) is 0 Å². The lowest BCUT2D eigenvalue weighted by atomic mass is 10.0. The predicted octanol–water partition coefficient (Wildman–Crippen LogP) is 1.35. The van der Waals surface area contributed by atoms with Crippen LogP contribution >= 0.6 is 11.3 Å². The number of aliphatic hydroxyl groups is 1. The Bertz CT molecular complexity index is 424. The Balaban J connectivity index is 2.03. The third-order valence-corrected chi connectivity index (χ3v) is 4.10. The van der Waals surface area contributed by atoms with Gasteiger partial charge >= 0.3 is 0 Å². The van der Waals surface area contributed by atoms with E-state index in [2.05, 4.69) is 22.4 Å². The van der Waals surface area contributed by atoms with Gasteiger partial charge in [-0.15, -0.1) is 10.2 Å². The number of aromatic nitrogens is 2. The molecule has 0 radical (unpaired) electrons. The van der Waals surface area contributed by atoms with Crippen molar-refractivity contribution in [3.8, 4) is 0 Å². The Morgan fingerprint density at radius 2 is 2.37 bits per heavy atom. The highest BCUT2D eigenvalue weighted by molar-refractivity contribution is 7.17. The SMILES string of the molecule is CCCNc1nnc(C(=O)N2CCCCC2CO)s1. The minimum Gasteiger partial charge on any atom is -0.394 e. The summed E-state index contributed by atoms with van der Waals surface area (Å²) in [6, 6.07) is -0.0720. The molecular formula is C12H20N4O2S. The third-order valence-electron chi connectivity index (χ3n) is 3.23. The molecule has 0 spiro atoms. The first-order chi connectivity index (χ1) is 9.26. The number of rotatable bonds is 5. The summed E-state index contributed by atoms with van der Waals surface area (Å²) < 4.78 is 0. The Morgan fingerprint density at radius 3 is 3.11 bits per heavy atom. The fourth-order valence-electron chi connectivity index (χ4n) is 2.19. The van der Waals surface area contributed by atoms with E-state index in [0.717, 1.165) is 32.2 Å². The molecule has 2 rings (SSSR count). The molecule has 0 aliphatic carbocycles. The van der Waals surface area contributed by atoms with Crippen molar-refractivity contribution in [1.82, 2.24) is 15.1 Å². The van der Waals surface area contributed by atoms with Gasteiger partial charge < -0.3 is 15.3 Å². The van der Waals surface area contributed by atoms with E-state index in [1.54, 1.807) is 4.90 Å². The van der Waals surface area contributed by atoms with Crippen LogP contribution in [0.1, 0.15) is 42.4 Å². The molecule has 2 heterocycles. The maximum atomic E-state index is 12.4. The summed E-state index contributed by atoms with van der Waals surface area (Å²) >= 11 is 1.28.